The Morgan fingerprint density at radius 3 is 3.05 bits per heavy atom. The first-order valence-corrected chi connectivity index (χ1v) is 7.25. The molecule has 20 heavy (non-hydrogen) atoms. The fourth-order valence-corrected chi connectivity index (χ4v) is 3.23. The summed E-state index contributed by atoms with van der Waals surface area (Å²) in [5, 5.41) is 0. The maximum atomic E-state index is 12.5. The van der Waals surface area contributed by atoms with Crippen molar-refractivity contribution in [2.45, 2.75) is 25.8 Å². The molecule has 1 aromatic carbocycles. The second kappa shape index (κ2) is 4.47. The quantitative estimate of drug-likeness (QED) is 0.785. The first-order chi connectivity index (χ1) is 9.83. The van der Waals surface area contributed by atoms with Crippen molar-refractivity contribution in [3.8, 4) is 0 Å². The van der Waals surface area contributed by atoms with Crippen LogP contribution in [0.5, 0.6) is 0 Å². The zero-order chi connectivity index (χ0) is 13.5. The minimum atomic E-state index is 0.204. The van der Waals surface area contributed by atoms with Crippen molar-refractivity contribution in [1.29, 1.82) is 0 Å². The number of carbonyl (C=O) groups excluding carboxylic acids is 1. The Labute approximate surface area is 117 Å². The molecule has 0 spiro atoms. The second-order valence-corrected chi connectivity index (χ2v) is 5.57. The van der Waals surface area contributed by atoms with Crippen LogP contribution in [0.1, 0.15) is 19.3 Å². The first-order valence-electron chi connectivity index (χ1n) is 7.25. The maximum Gasteiger partial charge on any atom is 0.229 e. The number of hydrogen-bond donors (Lipinski definition) is 0. The van der Waals surface area contributed by atoms with Gasteiger partial charge in [-0.25, -0.2) is 4.98 Å². The van der Waals surface area contributed by atoms with E-state index in [4.69, 9.17) is 0 Å². The van der Waals surface area contributed by atoms with Crippen LogP contribution in [0.15, 0.2) is 36.4 Å². The van der Waals surface area contributed by atoms with E-state index in [9.17, 15) is 4.79 Å². The van der Waals surface area contributed by atoms with Gasteiger partial charge in [-0.2, -0.15) is 0 Å². The van der Waals surface area contributed by atoms with Gasteiger partial charge in [-0.3, -0.25) is 9.69 Å². The Hall–Kier alpha value is -2.10. The third kappa shape index (κ3) is 1.75. The van der Waals surface area contributed by atoms with Crippen molar-refractivity contribution >= 4 is 22.9 Å². The lowest BCUT2D eigenvalue weighted by molar-refractivity contribution is -0.119. The molecule has 2 aliphatic rings. The lowest BCUT2D eigenvalue weighted by Gasteiger charge is -2.16. The predicted molar refractivity (Wildman–Crippen MR) is 78.6 cm³/mol. The number of imidazole rings is 1. The number of nitrogens with zero attached hydrogens (tertiary/aromatic N) is 3. The molecule has 0 saturated carbocycles. The number of carbonyl (C=O) groups is 1. The van der Waals surface area contributed by atoms with Gasteiger partial charge in [0.2, 0.25) is 11.9 Å². The van der Waals surface area contributed by atoms with Crippen molar-refractivity contribution < 1.29 is 4.79 Å². The molecule has 1 amide bonds. The van der Waals surface area contributed by atoms with E-state index < -0.39 is 0 Å². The van der Waals surface area contributed by atoms with E-state index in [1.807, 2.05) is 23.1 Å². The van der Waals surface area contributed by atoms with Gasteiger partial charge in [-0.15, -0.1) is 0 Å². The number of amides is 1. The van der Waals surface area contributed by atoms with Crippen LogP contribution in [0.25, 0.3) is 11.0 Å². The Morgan fingerprint density at radius 1 is 1.30 bits per heavy atom. The molecule has 4 rings (SSSR count). The molecule has 2 heterocycles. The summed E-state index contributed by atoms with van der Waals surface area (Å²) >= 11 is 0. The van der Waals surface area contributed by atoms with Crippen LogP contribution in [0.3, 0.4) is 0 Å². The van der Waals surface area contributed by atoms with E-state index in [-0.39, 0.29) is 5.91 Å². The van der Waals surface area contributed by atoms with Crippen LogP contribution in [-0.4, -0.2) is 22.0 Å². The van der Waals surface area contributed by atoms with Crippen molar-refractivity contribution in [2.75, 3.05) is 11.4 Å². The largest absolute Gasteiger partial charge is 0.308 e. The van der Waals surface area contributed by atoms with Gasteiger partial charge in [0.25, 0.3) is 0 Å². The maximum absolute atomic E-state index is 12.5. The molecule has 1 aromatic heterocycles. The SMILES string of the molecule is O=C(CC1C=CCC1)N1CCn2c1nc1ccccc12. The topological polar surface area (TPSA) is 38.1 Å². The van der Waals surface area contributed by atoms with Gasteiger partial charge >= 0.3 is 0 Å². The zero-order valence-corrected chi connectivity index (χ0v) is 11.3. The number of allylic oxidation sites excluding steroid dienone is 2. The van der Waals surface area contributed by atoms with Crippen LogP contribution in [0.4, 0.5) is 5.95 Å². The molecule has 4 heteroatoms. The van der Waals surface area contributed by atoms with E-state index in [1.165, 1.54) is 0 Å². The van der Waals surface area contributed by atoms with Crippen molar-refractivity contribution in [3.63, 3.8) is 0 Å². The summed E-state index contributed by atoms with van der Waals surface area (Å²) in [6.07, 6.45) is 7.18. The highest BCUT2D eigenvalue weighted by Crippen LogP contribution is 2.29. The molecular weight excluding hydrogens is 250 g/mol. The van der Waals surface area contributed by atoms with Gasteiger partial charge in [0, 0.05) is 19.5 Å². The summed E-state index contributed by atoms with van der Waals surface area (Å²) in [4.78, 5) is 19.0. The Kier molecular flexibility index (Phi) is 2.62. The van der Waals surface area contributed by atoms with E-state index in [0.717, 1.165) is 42.9 Å². The van der Waals surface area contributed by atoms with Gasteiger partial charge in [0.15, 0.2) is 0 Å². The number of aromatic nitrogens is 2. The fraction of sp³-hybridized carbons (Fsp3) is 0.375. The molecule has 1 unspecified atom stereocenters. The molecule has 1 aliphatic carbocycles. The molecule has 1 atom stereocenters. The van der Waals surface area contributed by atoms with E-state index >= 15 is 0 Å². The number of hydrogen-bond acceptors (Lipinski definition) is 2. The average molecular weight is 267 g/mol. The van der Waals surface area contributed by atoms with Crippen LogP contribution in [0.2, 0.25) is 0 Å². The van der Waals surface area contributed by atoms with E-state index in [1.54, 1.807) is 0 Å². The summed E-state index contributed by atoms with van der Waals surface area (Å²) in [6.45, 7) is 1.60. The Bertz CT molecular complexity index is 701. The molecule has 0 N–H and O–H groups in total. The number of para-hydroxylation sites is 2. The molecule has 4 nitrogen and oxygen atoms in total. The minimum absolute atomic E-state index is 0.204. The molecule has 102 valence electrons. The third-order valence-electron chi connectivity index (χ3n) is 4.27. The highest BCUT2D eigenvalue weighted by Gasteiger charge is 2.29. The zero-order valence-electron chi connectivity index (χ0n) is 11.3. The van der Waals surface area contributed by atoms with Crippen molar-refractivity contribution in [3.05, 3.63) is 36.4 Å². The molecule has 2 aromatic rings. The normalized spacial score (nSPS) is 20.8. The summed E-state index contributed by atoms with van der Waals surface area (Å²) < 4.78 is 2.15. The Balaban J connectivity index is 1.63. The van der Waals surface area contributed by atoms with Gasteiger partial charge < -0.3 is 4.57 Å². The lowest BCUT2D eigenvalue weighted by atomic mass is 10.0. The number of benzene rings is 1. The van der Waals surface area contributed by atoms with Crippen LogP contribution < -0.4 is 4.90 Å². The Morgan fingerprint density at radius 2 is 2.20 bits per heavy atom. The van der Waals surface area contributed by atoms with Gasteiger partial charge in [-0.1, -0.05) is 24.3 Å². The summed E-state index contributed by atoms with van der Waals surface area (Å²) in [6, 6.07) is 8.08. The highest BCUT2D eigenvalue weighted by molar-refractivity contribution is 5.95. The van der Waals surface area contributed by atoms with Gasteiger partial charge in [0.1, 0.15) is 0 Å². The predicted octanol–water partition coefficient (Wildman–Crippen LogP) is 2.74. The van der Waals surface area contributed by atoms with Crippen molar-refractivity contribution in [2.24, 2.45) is 5.92 Å². The molecule has 0 radical (unpaired) electrons. The van der Waals surface area contributed by atoms with Crippen LogP contribution in [-0.2, 0) is 11.3 Å². The molecule has 1 aliphatic heterocycles. The molecule has 0 fully saturated rings. The number of rotatable bonds is 2. The van der Waals surface area contributed by atoms with Crippen molar-refractivity contribution in [1.82, 2.24) is 9.55 Å². The van der Waals surface area contributed by atoms with Gasteiger partial charge in [0.05, 0.1) is 11.0 Å². The van der Waals surface area contributed by atoms with Gasteiger partial charge in [-0.05, 0) is 30.9 Å². The molecular formula is C16H17N3O. The average Bonchev–Trinajstić information content (AvgIpc) is 3.13. The summed E-state index contributed by atoms with van der Waals surface area (Å²) in [5.41, 5.74) is 2.10. The fourth-order valence-electron chi connectivity index (χ4n) is 3.23. The van der Waals surface area contributed by atoms with E-state index in [0.29, 0.717) is 12.3 Å². The highest BCUT2D eigenvalue weighted by atomic mass is 16.2. The summed E-state index contributed by atoms with van der Waals surface area (Å²) in [5.74, 6) is 1.44. The number of anilines is 1. The standard InChI is InChI=1S/C16H17N3O/c20-15(11-12-5-1-2-6-12)19-10-9-18-14-8-4-3-7-13(14)17-16(18)19/h1,3-5,7-8,12H,2,6,9-11H2. The van der Waals surface area contributed by atoms with Crippen LogP contribution >= 0.6 is 0 Å². The second-order valence-electron chi connectivity index (χ2n) is 5.57. The first kappa shape index (κ1) is 11.7. The monoisotopic (exact) mass is 267 g/mol. The molecule has 0 saturated heterocycles. The number of fused-ring (bicyclic) bond motifs is 3. The smallest absolute Gasteiger partial charge is 0.229 e. The van der Waals surface area contributed by atoms with E-state index in [2.05, 4.69) is 27.8 Å². The van der Waals surface area contributed by atoms with Crippen LogP contribution in [0, 0.1) is 5.92 Å². The summed E-state index contributed by atoms with van der Waals surface area (Å²) in [7, 11) is 0. The lowest BCUT2D eigenvalue weighted by Crippen LogP contribution is -2.30. The third-order valence-corrected chi connectivity index (χ3v) is 4.27. The minimum Gasteiger partial charge on any atom is -0.308 e. The molecule has 0 bridgehead atoms.